The minimum absolute atomic E-state index is 0.191. The summed E-state index contributed by atoms with van der Waals surface area (Å²) in [5, 5.41) is 12.0. The summed E-state index contributed by atoms with van der Waals surface area (Å²) in [5.74, 6) is 2.16. The summed E-state index contributed by atoms with van der Waals surface area (Å²) in [6.45, 7) is 0. The fraction of sp³-hybridized carbons (Fsp3) is 0.176. The van der Waals surface area contributed by atoms with Crippen LogP contribution in [0.4, 0.5) is 5.69 Å². The predicted octanol–water partition coefficient (Wildman–Crippen LogP) is 4.94. The Morgan fingerprint density at radius 1 is 1.17 bits per heavy atom. The van der Waals surface area contributed by atoms with Crippen molar-refractivity contribution in [2.75, 3.05) is 16.8 Å². The number of nitriles is 1. The van der Waals surface area contributed by atoms with Gasteiger partial charge in [-0.05, 0) is 35.9 Å². The van der Waals surface area contributed by atoms with Crippen LogP contribution in [0.3, 0.4) is 0 Å². The van der Waals surface area contributed by atoms with Crippen molar-refractivity contribution < 1.29 is 4.79 Å². The number of benzene rings is 2. The van der Waals surface area contributed by atoms with Gasteiger partial charge in [-0.3, -0.25) is 4.79 Å². The fourth-order valence-electron chi connectivity index (χ4n) is 2.23. The van der Waals surface area contributed by atoms with Crippen LogP contribution in [0.1, 0.15) is 26.1 Å². The Morgan fingerprint density at radius 3 is 2.48 bits per heavy atom. The molecule has 0 aliphatic carbocycles. The Bertz CT molecular complexity index is 765. The van der Waals surface area contributed by atoms with E-state index in [1.165, 1.54) is 17.1 Å². The minimum atomic E-state index is -0.191. The second-order valence-corrected chi connectivity index (χ2v) is 8.09. The average molecular weight is 361 g/mol. The number of amides is 1. The number of nitrogens with zero attached hydrogens (tertiary/aromatic N) is 1. The molecule has 1 fully saturated rings. The van der Waals surface area contributed by atoms with E-state index in [0.717, 1.165) is 0 Å². The molecule has 0 radical (unpaired) electrons. The van der Waals surface area contributed by atoms with Gasteiger partial charge in [0.1, 0.15) is 6.07 Å². The van der Waals surface area contributed by atoms with Crippen LogP contribution in [-0.4, -0.2) is 17.4 Å². The van der Waals surface area contributed by atoms with Gasteiger partial charge >= 0.3 is 0 Å². The monoisotopic (exact) mass is 360 g/mol. The first-order valence-electron chi connectivity index (χ1n) is 7.01. The Morgan fingerprint density at radius 2 is 1.87 bits per heavy atom. The summed E-state index contributed by atoms with van der Waals surface area (Å²) in [7, 11) is 0. The zero-order chi connectivity index (χ0) is 16.2. The molecular weight excluding hydrogens is 348 g/mol. The van der Waals surface area contributed by atoms with E-state index in [2.05, 4.69) is 5.32 Å². The van der Waals surface area contributed by atoms with Crippen molar-refractivity contribution in [1.29, 1.82) is 5.26 Å². The van der Waals surface area contributed by atoms with Crippen molar-refractivity contribution in [3.05, 3.63) is 64.2 Å². The third-order valence-electron chi connectivity index (χ3n) is 3.41. The van der Waals surface area contributed by atoms with E-state index >= 15 is 0 Å². The van der Waals surface area contributed by atoms with Gasteiger partial charge in [-0.25, -0.2) is 0 Å². The molecule has 1 amide bonds. The number of nitrogens with one attached hydrogen (secondary N) is 1. The third-order valence-corrected chi connectivity index (χ3v) is 6.83. The quantitative estimate of drug-likeness (QED) is 0.842. The van der Waals surface area contributed by atoms with Gasteiger partial charge < -0.3 is 5.32 Å². The van der Waals surface area contributed by atoms with E-state index in [1.807, 2.05) is 53.9 Å². The van der Waals surface area contributed by atoms with Crippen molar-refractivity contribution in [2.45, 2.75) is 4.58 Å². The van der Waals surface area contributed by atoms with E-state index in [9.17, 15) is 4.79 Å². The molecule has 2 aromatic carbocycles. The lowest BCUT2D eigenvalue weighted by Gasteiger charge is -2.10. The van der Waals surface area contributed by atoms with Crippen molar-refractivity contribution in [3.8, 4) is 6.07 Å². The maximum absolute atomic E-state index is 12.3. The Kier molecular flexibility index (Phi) is 5.16. The molecule has 1 aliphatic rings. The first-order chi connectivity index (χ1) is 11.2. The SMILES string of the molecule is N#Cc1ccc(NC(=O)c2ccc(C3SCCS3)cc2)cc1Cl. The third kappa shape index (κ3) is 3.84. The normalized spacial score (nSPS) is 14.4. The van der Waals surface area contributed by atoms with E-state index < -0.39 is 0 Å². The maximum Gasteiger partial charge on any atom is 0.255 e. The van der Waals surface area contributed by atoms with Crippen LogP contribution in [-0.2, 0) is 0 Å². The molecule has 6 heteroatoms. The average Bonchev–Trinajstić information content (AvgIpc) is 3.09. The van der Waals surface area contributed by atoms with Gasteiger partial charge in [0, 0.05) is 22.8 Å². The summed E-state index contributed by atoms with van der Waals surface area (Å²) < 4.78 is 0.476. The lowest BCUT2D eigenvalue weighted by atomic mass is 10.1. The van der Waals surface area contributed by atoms with E-state index in [1.54, 1.807) is 18.2 Å². The van der Waals surface area contributed by atoms with Crippen LogP contribution in [0.25, 0.3) is 0 Å². The highest BCUT2D eigenvalue weighted by atomic mass is 35.5. The molecule has 0 unspecified atom stereocenters. The maximum atomic E-state index is 12.3. The van der Waals surface area contributed by atoms with Crippen LogP contribution in [0.5, 0.6) is 0 Å². The molecule has 3 rings (SSSR count). The number of carbonyl (C=O) groups excluding carboxylic acids is 1. The second kappa shape index (κ2) is 7.31. The number of halogens is 1. The van der Waals surface area contributed by atoms with Crippen LogP contribution in [0, 0.1) is 11.3 Å². The molecule has 0 spiro atoms. The van der Waals surface area contributed by atoms with Gasteiger partial charge in [0.2, 0.25) is 0 Å². The Labute approximate surface area is 148 Å². The number of rotatable bonds is 3. The van der Waals surface area contributed by atoms with Gasteiger partial charge in [0.15, 0.2) is 0 Å². The summed E-state index contributed by atoms with van der Waals surface area (Å²) in [6.07, 6.45) is 0. The summed E-state index contributed by atoms with van der Waals surface area (Å²) in [4.78, 5) is 12.3. The van der Waals surface area contributed by atoms with Gasteiger partial charge in [-0.15, -0.1) is 23.5 Å². The number of anilines is 1. The highest BCUT2D eigenvalue weighted by molar-refractivity contribution is 8.19. The highest BCUT2D eigenvalue weighted by Crippen LogP contribution is 2.45. The number of hydrogen-bond acceptors (Lipinski definition) is 4. The van der Waals surface area contributed by atoms with Gasteiger partial charge in [-0.1, -0.05) is 23.7 Å². The summed E-state index contributed by atoms with van der Waals surface area (Å²) in [5.41, 5.74) is 2.81. The molecule has 0 aromatic heterocycles. The molecule has 1 heterocycles. The lowest BCUT2D eigenvalue weighted by Crippen LogP contribution is -2.11. The van der Waals surface area contributed by atoms with Crippen molar-refractivity contribution in [2.24, 2.45) is 0 Å². The van der Waals surface area contributed by atoms with Crippen LogP contribution < -0.4 is 5.32 Å². The molecule has 0 bridgehead atoms. The highest BCUT2D eigenvalue weighted by Gasteiger charge is 2.18. The molecule has 23 heavy (non-hydrogen) atoms. The molecule has 1 saturated heterocycles. The van der Waals surface area contributed by atoms with E-state index in [-0.39, 0.29) is 5.91 Å². The zero-order valence-corrected chi connectivity index (χ0v) is 14.5. The molecule has 0 atom stereocenters. The van der Waals surface area contributed by atoms with Crippen molar-refractivity contribution in [3.63, 3.8) is 0 Å². The fourth-order valence-corrected chi connectivity index (χ4v) is 5.31. The minimum Gasteiger partial charge on any atom is -0.322 e. The molecule has 2 aromatic rings. The second-order valence-electron chi connectivity index (χ2n) is 4.96. The first-order valence-corrected chi connectivity index (χ1v) is 9.49. The van der Waals surface area contributed by atoms with Crippen molar-refractivity contribution in [1.82, 2.24) is 0 Å². The van der Waals surface area contributed by atoms with Crippen LogP contribution in [0.15, 0.2) is 42.5 Å². The van der Waals surface area contributed by atoms with Crippen LogP contribution >= 0.6 is 35.1 Å². The smallest absolute Gasteiger partial charge is 0.255 e. The molecule has 116 valence electrons. The van der Waals surface area contributed by atoms with E-state index in [4.69, 9.17) is 16.9 Å². The topological polar surface area (TPSA) is 52.9 Å². The van der Waals surface area contributed by atoms with Gasteiger partial charge in [0.05, 0.1) is 15.2 Å². The predicted molar refractivity (Wildman–Crippen MR) is 98.2 cm³/mol. The van der Waals surface area contributed by atoms with Crippen molar-refractivity contribution >= 4 is 46.7 Å². The molecule has 1 N–H and O–H groups in total. The zero-order valence-electron chi connectivity index (χ0n) is 12.1. The largest absolute Gasteiger partial charge is 0.322 e. The molecule has 1 aliphatic heterocycles. The number of thioether (sulfide) groups is 2. The summed E-state index contributed by atoms with van der Waals surface area (Å²) in [6, 6.07) is 14.5. The lowest BCUT2D eigenvalue weighted by molar-refractivity contribution is 0.102. The first kappa shape index (κ1) is 16.3. The van der Waals surface area contributed by atoms with Crippen LogP contribution in [0.2, 0.25) is 5.02 Å². The van der Waals surface area contributed by atoms with Gasteiger partial charge in [0.25, 0.3) is 5.91 Å². The van der Waals surface area contributed by atoms with E-state index in [0.29, 0.717) is 26.4 Å². The van der Waals surface area contributed by atoms with Gasteiger partial charge in [-0.2, -0.15) is 5.26 Å². The Balaban J connectivity index is 1.70. The number of carbonyl (C=O) groups is 1. The molecule has 3 nitrogen and oxygen atoms in total. The molecule has 0 saturated carbocycles. The molecular formula is C17H13ClN2OS2. The number of hydrogen-bond donors (Lipinski definition) is 1. The summed E-state index contributed by atoms with van der Waals surface area (Å²) >= 11 is 9.85. The standard InChI is InChI=1S/C17H13ClN2OS2/c18-15-9-14(6-5-13(15)10-19)20-16(21)11-1-3-12(4-2-11)17-22-7-8-23-17/h1-6,9,17H,7-8H2,(H,20,21). The Hall–Kier alpha value is -1.61.